The molecule has 27 heavy (non-hydrogen) atoms. The number of ether oxygens (including phenoxy) is 1. The Bertz CT molecular complexity index is 939. The van der Waals surface area contributed by atoms with Crippen LogP contribution in [-0.4, -0.2) is 46.8 Å². The molecule has 2 aromatic carbocycles. The van der Waals surface area contributed by atoms with Gasteiger partial charge in [-0.05, 0) is 42.0 Å². The molecule has 0 radical (unpaired) electrons. The Kier molecular flexibility index (Phi) is 4.64. The zero-order valence-corrected chi connectivity index (χ0v) is 15.2. The minimum atomic E-state index is -0.102. The summed E-state index contributed by atoms with van der Waals surface area (Å²) < 4.78 is 7.05. The van der Waals surface area contributed by atoms with E-state index in [1.165, 1.54) is 0 Å². The van der Waals surface area contributed by atoms with Crippen molar-refractivity contribution >= 4 is 5.91 Å². The van der Waals surface area contributed by atoms with Crippen molar-refractivity contribution < 1.29 is 9.53 Å². The zero-order chi connectivity index (χ0) is 18.8. The van der Waals surface area contributed by atoms with Crippen LogP contribution in [0.5, 0.6) is 5.75 Å². The van der Waals surface area contributed by atoms with Crippen molar-refractivity contribution in [2.45, 2.75) is 12.0 Å². The molecule has 6 nitrogen and oxygen atoms in total. The smallest absolute Gasteiger partial charge is 0.254 e. The lowest BCUT2D eigenvalue weighted by Crippen LogP contribution is -2.32. The second-order valence-electron chi connectivity index (χ2n) is 6.76. The predicted octanol–water partition coefficient (Wildman–Crippen LogP) is 2.45. The average Bonchev–Trinajstić information content (AvgIpc) is 3.37. The number of likely N-dealkylation sites (tertiary alicyclic amines) is 1. The number of nitrogens with two attached hydrogens (primary N) is 1. The molecule has 138 valence electrons. The highest BCUT2D eigenvalue weighted by Crippen LogP contribution is 2.29. The van der Waals surface area contributed by atoms with Crippen LogP contribution in [0.25, 0.3) is 5.69 Å². The van der Waals surface area contributed by atoms with Crippen LogP contribution in [-0.2, 0) is 0 Å². The quantitative estimate of drug-likeness (QED) is 0.774. The van der Waals surface area contributed by atoms with Gasteiger partial charge in [0.05, 0.1) is 12.8 Å². The number of benzene rings is 2. The summed E-state index contributed by atoms with van der Waals surface area (Å²) >= 11 is 0. The highest BCUT2D eigenvalue weighted by atomic mass is 16.5. The molecule has 0 aliphatic carbocycles. The van der Waals surface area contributed by atoms with Gasteiger partial charge in [0.1, 0.15) is 5.75 Å². The van der Waals surface area contributed by atoms with Gasteiger partial charge in [0.15, 0.2) is 0 Å². The molecule has 0 saturated carbocycles. The van der Waals surface area contributed by atoms with E-state index in [0.29, 0.717) is 18.7 Å². The maximum absolute atomic E-state index is 13.0. The van der Waals surface area contributed by atoms with Gasteiger partial charge in [0.2, 0.25) is 0 Å². The van der Waals surface area contributed by atoms with Gasteiger partial charge in [-0.25, -0.2) is 4.68 Å². The second-order valence-corrected chi connectivity index (χ2v) is 6.76. The van der Waals surface area contributed by atoms with E-state index in [-0.39, 0.29) is 17.9 Å². The van der Waals surface area contributed by atoms with Crippen LogP contribution in [0, 0.1) is 0 Å². The van der Waals surface area contributed by atoms with Crippen molar-refractivity contribution in [3.63, 3.8) is 0 Å². The topological polar surface area (TPSA) is 73.4 Å². The van der Waals surface area contributed by atoms with Gasteiger partial charge < -0.3 is 15.4 Å². The highest BCUT2D eigenvalue weighted by molar-refractivity contribution is 5.95. The van der Waals surface area contributed by atoms with E-state index in [0.717, 1.165) is 17.0 Å². The average molecular weight is 362 g/mol. The lowest BCUT2D eigenvalue weighted by atomic mass is 9.95. The normalized spacial score (nSPS) is 19.3. The summed E-state index contributed by atoms with van der Waals surface area (Å²) in [6, 6.07) is 17.2. The maximum atomic E-state index is 13.0. The molecule has 2 heterocycles. The van der Waals surface area contributed by atoms with E-state index < -0.39 is 0 Å². The summed E-state index contributed by atoms with van der Waals surface area (Å²) in [4.78, 5) is 14.9. The van der Waals surface area contributed by atoms with Crippen LogP contribution in [0.2, 0.25) is 0 Å². The number of aromatic nitrogens is 2. The number of carbonyl (C=O) groups is 1. The van der Waals surface area contributed by atoms with E-state index >= 15 is 0 Å². The van der Waals surface area contributed by atoms with Crippen molar-refractivity contribution in [3.8, 4) is 11.4 Å². The van der Waals surface area contributed by atoms with Gasteiger partial charge in [-0.2, -0.15) is 5.10 Å². The first kappa shape index (κ1) is 17.3. The summed E-state index contributed by atoms with van der Waals surface area (Å²) in [5, 5.41) is 4.22. The Morgan fingerprint density at radius 3 is 2.78 bits per heavy atom. The minimum absolute atomic E-state index is 0.00940. The lowest BCUT2D eigenvalue weighted by Gasteiger charge is -2.17. The number of hydrogen-bond acceptors (Lipinski definition) is 4. The SMILES string of the molecule is COc1cccc([C@H]2CN(C(=O)c3cccc(-n4cccn4)c3)C[C@@H]2N)c1. The van der Waals surface area contributed by atoms with Crippen LogP contribution >= 0.6 is 0 Å². The molecule has 4 rings (SSSR count). The van der Waals surface area contributed by atoms with Crippen molar-refractivity contribution in [2.24, 2.45) is 5.73 Å². The van der Waals surface area contributed by atoms with E-state index in [4.69, 9.17) is 10.5 Å². The summed E-state index contributed by atoms with van der Waals surface area (Å²) in [5.41, 5.74) is 8.97. The maximum Gasteiger partial charge on any atom is 0.254 e. The Morgan fingerprint density at radius 1 is 1.15 bits per heavy atom. The molecule has 0 bridgehead atoms. The minimum Gasteiger partial charge on any atom is -0.497 e. The van der Waals surface area contributed by atoms with Gasteiger partial charge in [0, 0.05) is 43.0 Å². The molecule has 1 aliphatic heterocycles. The Labute approximate surface area is 158 Å². The molecular formula is C21H22N4O2. The fourth-order valence-electron chi connectivity index (χ4n) is 3.61. The standard InChI is InChI=1S/C21H22N4O2/c1-27-18-8-3-5-15(12-18)19-13-24(14-20(19)22)21(26)16-6-2-7-17(11-16)25-10-4-9-23-25/h2-12,19-20H,13-14,22H2,1H3/t19-,20+/m1/s1. The van der Waals surface area contributed by atoms with Crippen LogP contribution in [0.1, 0.15) is 21.8 Å². The third-order valence-electron chi connectivity index (χ3n) is 5.04. The molecule has 2 N–H and O–H groups in total. The highest BCUT2D eigenvalue weighted by Gasteiger charge is 2.34. The van der Waals surface area contributed by atoms with Crippen LogP contribution in [0.15, 0.2) is 67.0 Å². The summed E-state index contributed by atoms with van der Waals surface area (Å²) in [6.07, 6.45) is 3.57. The molecule has 1 fully saturated rings. The van der Waals surface area contributed by atoms with Gasteiger partial charge in [-0.1, -0.05) is 18.2 Å². The molecule has 1 amide bonds. The largest absolute Gasteiger partial charge is 0.497 e. The fourth-order valence-corrected chi connectivity index (χ4v) is 3.61. The predicted molar refractivity (Wildman–Crippen MR) is 103 cm³/mol. The van der Waals surface area contributed by atoms with Crippen molar-refractivity contribution in [1.82, 2.24) is 14.7 Å². The van der Waals surface area contributed by atoms with Crippen LogP contribution < -0.4 is 10.5 Å². The number of carbonyl (C=O) groups excluding carboxylic acids is 1. The number of nitrogens with zero attached hydrogens (tertiary/aromatic N) is 3. The lowest BCUT2D eigenvalue weighted by molar-refractivity contribution is 0.0789. The summed E-state index contributed by atoms with van der Waals surface area (Å²) in [5.74, 6) is 0.889. The van der Waals surface area contributed by atoms with E-state index in [9.17, 15) is 4.79 Å². The van der Waals surface area contributed by atoms with Gasteiger partial charge in [-0.3, -0.25) is 4.79 Å². The number of amides is 1. The van der Waals surface area contributed by atoms with E-state index in [1.807, 2.05) is 65.7 Å². The van der Waals surface area contributed by atoms with Gasteiger partial charge >= 0.3 is 0 Å². The number of methoxy groups -OCH3 is 1. The molecule has 1 aliphatic rings. The molecule has 3 aromatic rings. The van der Waals surface area contributed by atoms with Crippen LogP contribution in [0.4, 0.5) is 0 Å². The first-order chi connectivity index (χ1) is 13.2. The molecular weight excluding hydrogens is 340 g/mol. The zero-order valence-electron chi connectivity index (χ0n) is 15.2. The monoisotopic (exact) mass is 362 g/mol. The van der Waals surface area contributed by atoms with Crippen molar-refractivity contribution in [1.29, 1.82) is 0 Å². The molecule has 0 unspecified atom stereocenters. The fraction of sp³-hybridized carbons (Fsp3) is 0.238. The molecule has 0 spiro atoms. The van der Waals surface area contributed by atoms with E-state index in [2.05, 4.69) is 5.10 Å². The number of hydrogen-bond donors (Lipinski definition) is 1. The van der Waals surface area contributed by atoms with Gasteiger partial charge in [0.25, 0.3) is 5.91 Å². The van der Waals surface area contributed by atoms with Crippen LogP contribution in [0.3, 0.4) is 0 Å². The van der Waals surface area contributed by atoms with E-state index in [1.54, 1.807) is 18.0 Å². The van der Waals surface area contributed by atoms with Crippen molar-refractivity contribution in [2.75, 3.05) is 20.2 Å². The molecule has 6 heteroatoms. The summed E-state index contributed by atoms with van der Waals surface area (Å²) in [7, 11) is 1.65. The second kappa shape index (κ2) is 7.25. The Morgan fingerprint density at radius 2 is 2.00 bits per heavy atom. The summed E-state index contributed by atoms with van der Waals surface area (Å²) in [6.45, 7) is 1.13. The first-order valence-corrected chi connectivity index (χ1v) is 8.94. The molecule has 1 aromatic heterocycles. The Hall–Kier alpha value is -3.12. The molecule has 1 saturated heterocycles. The number of rotatable bonds is 4. The third-order valence-corrected chi connectivity index (χ3v) is 5.04. The third kappa shape index (κ3) is 3.44. The van der Waals surface area contributed by atoms with Crippen molar-refractivity contribution in [3.05, 3.63) is 78.1 Å². The Balaban J connectivity index is 1.54. The molecule has 2 atom stereocenters. The van der Waals surface area contributed by atoms with Gasteiger partial charge in [-0.15, -0.1) is 0 Å². The first-order valence-electron chi connectivity index (χ1n) is 8.94.